The van der Waals surface area contributed by atoms with Crippen LogP contribution in [-0.2, 0) is 0 Å². The molecule has 0 spiro atoms. The van der Waals surface area contributed by atoms with E-state index >= 15 is 0 Å². The van der Waals surface area contributed by atoms with E-state index in [1.165, 1.54) is 0 Å². The summed E-state index contributed by atoms with van der Waals surface area (Å²) < 4.78 is 16.1. The van der Waals surface area contributed by atoms with Crippen molar-refractivity contribution in [1.29, 1.82) is 0 Å². The van der Waals surface area contributed by atoms with E-state index in [0.717, 1.165) is 11.3 Å². The van der Waals surface area contributed by atoms with Crippen LogP contribution in [0.5, 0.6) is 17.2 Å². The van der Waals surface area contributed by atoms with Gasteiger partial charge in [0.15, 0.2) is 17.3 Å². The highest BCUT2D eigenvalue weighted by Crippen LogP contribution is 2.33. The molecule has 0 radical (unpaired) electrons. The van der Waals surface area contributed by atoms with Crippen molar-refractivity contribution < 1.29 is 14.2 Å². The van der Waals surface area contributed by atoms with Crippen molar-refractivity contribution in [3.8, 4) is 17.2 Å². The first-order chi connectivity index (χ1) is 12.6. The first-order valence-corrected chi connectivity index (χ1v) is 8.52. The number of hydrogen-bond donors (Lipinski definition) is 0. The van der Waals surface area contributed by atoms with Crippen LogP contribution in [0.4, 0.5) is 0 Å². The molecule has 0 saturated carbocycles. The molecule has 0 amide bonds. The summed E-state index contributed by atoms with van der Waals surface area (Å²) in [6, 6.07) is 11.4. The third-order valence-electron chi connectivity index (χ3n) is 3.79. The van der Waals surface area contributed by atoms with E-state index in [-0.39, 0.29) is 0 Å². The number of methoxy groups -OCH3 is 2. The Kier molecular flexibility index (Phi) is 5.58. The second-order valence-electron chi connectivity index (χ2n) is 5.43. The van der Waals surface area contributed by atoms with Crippen molar-refractivity contribution in [3.63, 3.8) is 0 Å². The van der Waals surface area contributed by atoms with Gasteiger partial charge in [0.05, 0.1) is 26.3 Å². The Hall–Kier alpha value is -2.79. The Morgan fingerprint density at radius 3 is 2.31 bits per heavy atom. The summed E-state index contributed by atoms with van der Waals surface area (Å²) in [5.41, 5.74) is 1.70. The molecular weight excluding hydrogens is 352 g/mol. The third-order valence-corrected chi connectivity index (χ3v) is 4.08. The fraction of sp³-hybridized carbons (Fsp3) is 0.200. The highest BCUT2D eigenvalue weighted by atomic mass is 35.5. The molecule has 1 heterocycles. The number of benzene rings is 2. The summed E-state index contributed by atoms with van der Waals surface area (Å²) in [4.78, 5) is 8.88. The number of hydrogen-bond acceptors (Lipinski definition) is 5. The molecule has 26 heavy (non-hydrogen) atoms. The molecule has 6 heteroatoms. The molecule has 3 aromatic rings. The molecule has 0 aliphatic rings. The van der Waals surface area contributed by atoms with Gasteiger partial charge in [-0.3, -0.25) is 0 Å². The van der Waals surface area contributed by atoms with Gasteiger partial charge in [0, 0.05) is 11.5 Å². The van der Waals surface area contributed by atoms with Gasteiger partial charge in [-0.25, -0.2) is 9.97 Å². The van der Waals surface area contributed by atoms with Crippen LogP contribution >= 0.6 is 11.6 Å². The van der Waals surface area contributed by atoms with E-state index in [0.29, 0.717) is 40.0 Å². The molecule has 0 unspecified atom stereocenters. The van der Waals surface area contributed by atoms with E-state index in [2.05, 4.69) is 9.97 Å². The van der Waals surface area contributed by atoms with E-state index in [1.54, 1.807) is 26.4 Å². The van der Waals surface area contributed by atoms with E-state index in [9.17, 15) is 0 Å². The van der Waals surface area contributed by atoms with Gasteiger partial charge in [-0.2, -0.15) is 0 Å². The molecule has 0 aliphatic heterocycles. The Morgan fingerprint density at radius 1 is 0.962 bits per heavy atom. The van der Waals surface area contributed by atoms with Crippen LogP contribution in [-0.4, -0.2) is 30.8 Å². The Morgan fingerprint density at radius 2 is 1.65 bits per heavy atom. The molecule has 0 fully saturated rings. The number of fused-ring (bicyclic) bond motifs is 1. The number of halogens is 1. The number of rotatable bonds is 6. The first kappa shape index (κ1) is 18.0. The Labute approximate surface area is 157 Å². The zero-order valence-corrected chi connectivity index (χ0v) is 15.6. The minimum atomic E-state index is 0.363. The third kappa shape index (κ3) is 3.89. The molecule has 1 aromatic heterocycles. The van der Waals surface area contributed by atoms with Crippen LogP contribution in [0.1, 0.15) is 18.3 Å². The van der Waals surface area contributed by atoms with Crippen LogP contribution in [0, 0.1) is 0 Å². The van der Waals surface area contributed by atoms with Crippen LogP contribution in [0.25, 0.3) is 23.1 Å². The van der Waals surface area contributed by atoms with E-state index < -0.39 is 0 Å². The monoisotopic (exact) mass is 370 g/mol. The molecule has 0 N–H and O–H groups in total. The lowest BCUT2D eigenvalue weighted by molar-refractivity contribution is 0.340. The molecule has 0 saturated heterocycles. The lowest BCUT2D eigenvalue weighted by atomic mass is 10.2. The standard InChI is InChI=1S/C20H19ClN2O3/c1-4-26-14-8-5-13(6-9-14)7-10-19-22-16-12-18(25-3)17(24-2)11-15(16)20(21)23-19/h5-12H,4H2,1-3H3/b10-7+. The molecule has 134 valence electrons. The van der Waals surface area contributed by atoms with Crippen LogP contribution in [0.3, 0.4) is 0 Å². The quantitative estimate of drug-likeness (QED) is 0.579. The topological polar surface area (TPSA) is 53.5 Å². The van der Waals surface area contributed by atoms with Gasteiger partial charge in [-0.15, -0.1) is 0 Å². The van der Waals surface area contributed by atoms with Crippen LogP contribution in [0.2, 0.25) is 5.15 Å². The van der Waals surface area contributed by atoms with Crippen molar-refractivity contribution in [3.05, 3.63) is 52.9 Å². The highest BCUT2D eigenvalue weighted by molar-refractivity contribution is 6.34. The largest absolute Gasteiger partial charge is 0.494 e. The summed E-state index contributed by atoms with van der Waals surface area (Å²) >= 11 is 6.33. The average molecular weight is 371 g/mol. The van der Waals surface area contributed by atoms with Gasteiger partial charge in [-0.05, 0) is 36.8 Å². The Balaban J connectivity index is 1.92. The van der Waals surface area contributed by atoms with Gasteiger partial charge in [0.1, 0.15) is 10.9 Å². The number of aromatic nitrogens is 2. The zero-order chi connectivity index (χ0) is 18.5. The summed E-state index contributed by atoms with van der Waals surface area (Å²) in [6.45, 7) is 2.60. The maximum atomic E-state index is 6.33. The molecule has 0 aliphatic carbocycles. The smallest absolute Gasteiger partial charge is 0.162 e. The summed E-state index contributed by atoms with van der Waals surface area (Å²) in [6.07, 6.45) is 3.74. The average Bonchev–Trinajstić information content (AvgIpc) is 2.66. The molecule has 0 atom stereocenters. The molecule has 5 nitrogen and oxygen atoms in total. The predicted molar refractivity (Wildman–Crippen MR) is 104 cm³/mol. The fourth-order valence-corrected chi connectivity index (χ4v) is 2.76. The van der Waals surface area contributed by atoms with Gasteiger partial charge < -0.3 is 14.2 Å². The lowest BCUT2D eigenvalue weighted by Gasteiger charge is -2.09. The van der Waals surface area contributed by atoms with Crippen LogP contribution < -0.4 is 14.2 Å². The number of nitrogens with zero attached hydrogens (tertiary/aromatic N) is 2. The summed E-state index contributed by atoms with van der Waals surface area (Å²) in [5.74, 6) is 2.54. The highest BCUT2D eigenvalue weighted by Gasteiger charge is 2.11. The van der Waals surface area contributed by atoms with Gasteiger partial charge in [-0.1, -0.05) is 29.8 Å². The predicted octanol–water partition coefficient (Wildman–Crippen LogP) is 4.87. The fourth-order valence-electron chi connectivity index (χ4n) is 2.52. The Bertz CT molecular complexity index is 940. The van der Waals surface area contributed by atoms with Gasteiger partial charge in [0.2, 0.25) is 0 Å². The SMILES string of the molecule is CCOc1ccc(/C=C/c2nc(Cl)c3cc(OC)c(OC)cc3n2)cc1. The second-order valence-corrected chi connectivity index (χ2v) is 5.79. The minimum Gasteiger partial charge on any atom is -0.494 e. The van der Waals surface area contributed by atoms with Crippen molar-refractivity contribution in [2.45, 2.75) is 6.92 Å². The normalized spacial score (nSPS) is 11.1. The molecule has 2 aromatic carbocycles. The lowest BCUT2D eigenvalue weighted by Crippen LogP contribution is -1.95. The van der Waals surface area contributed by atoms with Crippen molar-refractivity contribution in [2.75, 3.05) is 20.8 Å². The maximum absolute atomic E-state index is 6.33. The zero-order valence-electron chi connectivity index (χ0n) is 14.8. The minimum absolute atomic E-state index is 0.363. The molecule has 0 bridgehead atoms. The first-order valence-electron chi connectivity index (χ1n) is 8.14. The van der Waals surface area contributed by atoms with Gasteiger partial charge >= 0.3 is 0 Å². The second kappa shape index (κ2) is 8.06. The van der Waals surface area contributed by atoms with E-state index in [1.807, 2.05) is 43.3 Å². The van der Waals surface area contributed by atoms with Crippen LogP contribution in [0.15, 0.2) is 36.4 Å². The maximum Gasteiger partial charge on any atom is 0.162 e. The van der Waals surface area contributed by atoms with Gasteiger partial charge in [0.25, 0.3) is 0 Å². The molecular formula is C20H19ClN2O3. The van der Waals surface area contributed by atoms with Crippen molar-refractivity contribution >= 4 is 34.7 Å². The number of ether oxygens (including phenoxy) is 3. The summed E-state index contributed by atoms with van der Waals surface area (Å²) in [5, 5.41) is 1.07. The van der Waals surface area contributed by atoms with E-state index in [4.69, 9.17) is 25.8 Å². The van der Waals surface area contributed by atoms with Crippen molar-refractivity contribution in [2.24, 2.45) is 0 Å². The summed E-state index contributed by atoms with van der Waals surface area (Å²) in [7, 11) is 3.16. The van der Waals surface area contributed by atoms with Crippen molar-refractivity contribution in [1.82, 2.24) is 9.97 Å². The molecule has 3 rings (SSSR count).